The lowest BCUT2D eigenvalue weighted by molar-refractivity contribution is 1.04. The molecule has 0 bridgehead atoms. The Morgan fingerprint density at radius 2 is 1.47 bits per heavy atom. The van der Waals surface area contributed by atoms with E-state index in [4.69, 9.17) is 0 Å². The molecule has 0 atom stereocenters. The minimum absolute atomic E-state index is 0.928. The van der Waals surface area contributed by atoms with Crippen molar-refractivity contribution in [1.29, 1.82) is 0 Å². The van der Waals surface area contributed by atoms with Crippen molar-refractivity contribution in [3.8, 4) is 22.4 Å². The standard InChI is InChI=1S/C17H14N2/c1-13-7-5-6-10-15(13)16-11-12-18-19-17(16)14-8-3-2-4-9-14/h2-12H,1H3. The average molecular weight is 246 g/mol. The normalized spacial score (nSPS) is 10.4. The van der Waals surface area contributed by atoms with E-state index in [1.165, 1.54) is 11.1 Å². The summed E-state index contributed by atoms with van der Waals surface area (Å²) in [5.41, 5.74) is 5.59. The molecule has 19 heavy (non-hydrogen) atoms. The van der Waals surface area contributed by atoms with E-state index in [2.05, 4.69) is 53.5 Å². The molecule has 2 heteroatoms. The Kier molecular flexibility index (Phi) is 3.07. The molecule has 0 aliphatic rings. The molecule has 2 nitrogen and oxygen atoms in total. The Balaban J connectivity index is 2.21. The van der Waals surface area contributed by atoms with E-state index in [1.807, 2.05) is 24.3 Å². The van der Waals surface area contributed by atoms with E-state index < -0.39 is 0 Å². The lowest BCUT2D eigenvalue weighted by Crippen LogP contribution is -1.92. The average Bonchev–Trinajstić information content (AvgIpc) is 2.49. The van der Waals surface area contributed by atoms with Crippen LogP contribution in [0.5, 0.6) is 0 Å². The van der Waals surface area contributed by atoms with Gasteiger partial charge < -0.3 is 0 Å². The van der Waals surface area contributed by atoms with Crippen molar-refractivity contribution in [3.05, 3.63) is 72.4 Å². The second kappa shape index (κ2) is 5.02. The van der Waals surface area contributed by atoms with Gasteiger partial charge in [0.2, 0.25) is 0 Å². The van der Waals surface area contributed by atoms with Gasteiger partial charge in [-0.2, -0.15) is 5.10 Å². The summed E-state index contributed by atoms with van der Waals surface area (Å²) in [5.74, 6) is 0. The fraction of sp³-hybridized carbons (Fsp3) is 0.0588. The third kappa shape index (κ3) is 2.25. The molecule has 0 radical (unpaired) electrons. The molecular weight excluding hydrogens is 232 g/mol. The summed E-state index contributed by atoms with van der Waals surface area (Å²) in [6, 6.07) is 20.5. The topological polar surface area (TPSA) is 25.8 Å². The highest BCUT2D eigenvalue weighted by Crippen LogP contribution is 2.31. The van der Waals surface area contributed by atoms with Crippen LogP contribution >= 0.6 is 0 Å². The second-order valence-corrected chi connectivity index (χ2v) is 4.47. The van der Waals surface area contributed by atoms with Gasteiger partial charge in [0.05, 0.1) is 6.20 Å². The Morgan fingerprint density at radius 3 is 2.26 bits per heavy atom. The Labute approximate surface area is 112 Å². The quantitative estimate of drug-likeness (QED) is 0.679. The molecule has 0 fully saturated rings. The summed E-state index contributed by atoms with van der Waals surface area (Å²) >= 11 is 0. The van der Waals surface area contributed by atoms with Gasteiger partial charge in [0.15, 0.2) is 0 Å². The van der Waals surface area contributed by atoms with Crippen molar-refractivity contribution in [2.24, 2.45) is 0 Å². The van der Waals surface area contributed by atoms with Crippen molar-refractivity contribution in [3.63, 3.8) is 0 Å². The van der Waals surface area contributed by atoms with Gasteiger partial charge in [-0.25, -0.2) is 0 Å². The molecule has 0 amide bonds. The monoisotopic (exact) mass is 246 g/mol. The van der Waals surface area contributed by atoms with E-state index in [9.17, 15) is 0 Å². The molecule has 0 spiro atoms. The highest BCUT2D eigenvalue weighted by atomic mass is 15.1. The van der Waals surface area contributed by atoms with E-state index in [-0.39, 0.29) is 0 Å². The highest BCUT2D eigenvalue weighted by molar-refractivity contribution is 5.81. The van der Waals surface area contributed by atoms with E-state index >= 15 is 0 Å². The Hall–Kier alpha value is -2.48. The van der Waals surface area contributed by atoms with Crippen LogP contribution < -0.4 is 0 Å². The number of aromatic nitrogens is 2. The zero-order valence-corrected chi connectivity index (χ0v) is 10.7. The zero-order valence-electron chi connectivity index (χ0n) is 10.7. The van der Waals surface area contributed by atoms with Crippen LogP contribution in [0.2, 0.25) is 0 Å². The third-order valence-corrected chi connectivity index (χ3v) is 3.20. The first-order chi connectivity index (χ1) is 9.36. The van der Waals surface area contributed by atoms with Gasteiger partial charge >= 0.3 is 0 Å². The molecule has 3 rings (SSSR count). The number of hydrogen-bond donors (Lipinski definition) is 0. The maximum absolute atomic E-state index is 4.32. The van der Waals surface area contributed by atoms with Gasteiger partial charge in [0.1, 0.15) is 5.69 Å². The first kappa shape index (κ1) is 11.6. The van der Waals surface area contributed by atoms with E-state index in [1.54, 1.807) is 6.20 Å². The van der Waals surface area contributed by atoms with Crippen molar-refractivity contribution in [1.82, 2.24) is 10.2 Å². The molecule has 1 aromatic heterocycles. The van der Waals surface area contributed by atoms with Crippen LogP contribution in [0.15, 0.2) is 66.9 Å². The van der Waals surface area contributed by atoms with Gasteiger partial charge in [-0.05, 0) is 24.1 Å². The SMILES string of the molecule is Cc1ccccc1-c1ccnnc1-c1ccccc1. The molecule has 0 aliphatic carbocycles. The van der Waals surface area contributed by atoms with Gasteiger partial charge in [-0.1, -0.05) is 54.6 Å². The molecule has 92 valence electrons. The smallest absolute Gasteiger partial charge is 0.101 e. The largest absolute Gasteiger partial charge is 0.158 e. The van der Waals surface area contributed by atoms with Gasteiger partial charge in [-0.15, -0.1) is 5.10 Å². The lowest BCUT2D eigenvalue weighted by Gasteiger charge is -2.10. The van der Waals surface area contributed by atoms with E-state index in [0.717, 1.165) is 16.8 Å². The maximum atomic E-state index is 4.32. The number of hydrogen-bond acceptors (Lipinski definition) is 2. The van der Waals surface area contributed by atoms with Gasteiger partial charge in [0.25, 0.3) is 0 Å². The molecule has 0 N–H and O–H groups in total. The first-order valence-electron chi connectivity index (χ1n) is 6.29. The number of rotatable bonds is 2. The minimum atomic E-state index is 0.928. The summed E-state index contributed by atoms with van der Waals surface area (Å²) in [5, 5.41) is 8.34. The third-order valence-electron chi connectivity index (χ3n) is 3.20. The summed E-state index contributed by atoms with van der Waals surface area (Å²) in [4.78, 5) is 0. The number of benzene rings is 2. The van der Waals surface area contributed by atoms with Crippen LogP contribution in [0, 0.1) is 6.92 Å². The summed E-state index contributed by atoms with van der Waals surface area (Å²) in [6.45, 7) is 2.12. The Morgan fingerprint density at radius 1 is 0.737 bits per heavy atom. The molecule has 3 aromatic rings. The Bertz CT molecular complexity index is 690. The molecule has 2 aromatic carbocycles. The van der Waals surface area contributed by atoms with Gasteiger partial charge in [0, 0.05) is 11.1 Å². The number of aryl methyl sites for hydroxylation is 1. The summed E-state index contributed by atoms with van der Waals surface area (Å²) < 4.78 is 0. The lowest BCUT2D eigenvalue weighted by atomic mass is 9.97. The molecule has 0 aliphatic heterocycles. The van der Waals surface area contributed by atoms with Crippen molar-refractivity contribution in [2.75, 3.05) is 0 Å². The molecule has 0 saturated heterocycles. The fourth-order valence-corrected chi connectivity index (χ4v) is 2.23. The van der Waals surface area contributed by atoms with Crippen LogP contribution in [0.25, 0.3) is 22.4 Å². The van der Waals surface area contributed by atoms with E-state index in [0.29, 0.717) is 0 Å². The van der Waals surface area contributed by atoms with Crippen molar-refractivity contribution < 1.29 is 0 Å². The first-order valence-corrected chi connectivity index (χ1v) is 6.29. The van der Waals surface area contributed by atoms with Gasteiger partial charge in [-0.3, -0.25) is 0 Å². The van der Waals surface area contributed by atoms with Crippen LogP contribution in [-0.2, 0) is 0 Å². The summed E-state index contributed by atoms with van der Waals surface area (Å²) in [7, 11) is 0. The molecular formula is C17H14N2. The minimum Gasteiger partial charge on any atom is -0.158 e. The summed E-state index contributed by atoms with van der Waals surface area (Å²) in [6.07, 6.45) is 1.74. The van der Waals surface area contributed by atoms with Crippen LogP contribution in [0.1, 0.15) is 5.56 Å². The van der Waals surface area contributed by atoms with Crippen LogP contribution in [-0.4, -0.2) is 10.2 Å². The van der Waals surface area contributed by atoms with Crippen molar-refractivity contribution >= 4 is 0 Å². The zero-order chi connectivity index (χ0) is 13.1. The van der Waals surface area contributed by atoms with Crippen LogP contribution in [0.4, 0.5) is 0 Å². The predicted octanol–water partition coefficient (Wildman–Crippen LogP) is 4.12. The highest BCUT2D eigenvalue weighted by Gasteiger charge is 2.10. The predicted molar refractivity (Wildman–Crippen MR) is 77.6 cm³/mol. The maximum Gasteiger partial charge on any atom is 0.101 e. The fourth-order valence-electron chi connectivity index (χ4n) is 2.23. The second-order valence-electron chi connectivity index (χ2n) is 4.47. The van der Waals surface area contributed by atoms with Crippen LogP contribution in [0.3, 0.4) is 0 Å². The molecule has 0 unspecified atom stereocenters. The number of nitrogens with zero attached hydrogens (tertiary/aromatic N) is 2. The van der Waals surface area contributed by atoms with Crippen molar-refractivity contribution in [2.45, 2.75) is 6.92 Å². The molecule has 1 heterocycles. The molecule has 0 saturated carbocycles.